The lowest BCUT2D eigenvalue weighted by Crippen LogP contribution is -2.48. The van der Waals surface area contributed by atoms with E-state index in [4.69, 9.17) is 0 Å². The molecule has 1 aromatic carbocycles. The van der Waals surface area contributed by atoms with Crippen LogP contribution in [0.2, 0.25) is 0 Å². The Bertz CT molecular complexity index is 858. The van der Waals surface area contributed by atoms with Gasteiger partial charge in [0.1, 0.15) is 0 Å². The van der Waals surface area contributed by atoms with E-state index >= 15 is 0 Å². The van der Waals surface area contributed by atoms with Gasteiger partial charge in [0.05, 0.1) is 5.56 Å². The second-order valence-corrected chi connectivity index (χ2v) is 7.95. The molecular formula is C19H21F2N5O2S. The summed E-state index contributed by atoms with van der Waals surface area (Å²) in [6, 6.07) is 8.37. The number of halogens is 2. The number of benzene rings is 1. The van der Waals surface area contributed by atoms with Gasteiger partial charge in [-0.15, -0.1) is 11.8 Å². The predicted molar refractivity (Wildman–Crippen MR) is 106 cm³/mol. The summed E-state index contributed by atoms with van der Waals surface area (Å²) in [6.07, 6.45) is 2.45. The Morgan fingerprint density at radius 1 is 1.14 bits per heavy atom. The molecule has 0 bridgehead atoms. The maximum absolute atomic E-state index is 12.1. The molecule has 1 aromatic heterocycles. The normalized spacial score (nSPS) is 14.8. The zero-order valence-corrected chi connectivity index (χ0v) is 16.6. The van der Waals surface area contributed by atoms with Crippen LogP contribution in [0.3, 0.4) is 0 Å². The van der Waals surface area contributed by atoms with E-state index < -0.39 is 18.2 Å². The Morgan fingerprint density at radius 3 is 2.34 bits per heavy atom. The van der Waals surface area contributed by atoms with Crippen LogP contribution in [-0.4, -0.2) is 39.5 Å². The van der Waals surface area contributed by atoms with E-state index in [1.54, 1.807) is 17.2 Å². The molecule has 0 unspecified atom stereocenters. The van der Waals surface area contributed by atoms with Crippen LogP contribution in [0.5, 0.6) is 0 Å². The van der Waals surface area contributed by atoms with Crippen molar-refractivity contribution in [2.24, 2.45) is 0 Å². The van der Waals surface area contributed by atoms with Crippen molar-refractivity contribution in [1.82, 2.24) is 20.8 Å². The van der Waals surface area contributed by atoms with Crippen molar-refractivity contribution in [3.63, 3.8) is 0 Å². The summed E-state index contributed by atoms with van der Waals surface area (Å²) < 4.78 is 24.2. The van der Waals surface area contributed by atoms with Crippen molar-refractivity contribution in [2.75, 3.05) is 11.1 Å². The minimum Gasteiger partial charge on any atom is -0.348 e. The average Bonchev–Trinajstić information content (AvgIpc) is 2.69. The van der Waals surface area contributed by atoms with Crippen molar-refractivity contribution < 1.29 is 18.4 Å². The summed E-state index contributed by atoms with van der Waals surface area (Å²) in [6.45, 7) is 2.05. The number of nitrogens with zero attached hydrogens (tertiary/aromatic N) is 2. The highest BCUT2D eigenvalue weighted by atomic mass is 32.2. The van der Waals surface area contributed by atoms with Crippen molar-refractivity contribution >= 4 is 29.5 Å². The molecule has 1 aliphatic rings. The first kappa shape index (κ1) is 21.0. The lowest BCUT2D eigenvalue weighted by molar-refractivity contribution is -0.132. The number of aryl methyl sites for hydroxylation is 1. The van der Waals surface area contributed by atoms with Crippen LogP contribution >= 0.6 is 11.8 Å². The SMILES string of the molecule is Cc1ccc(SCC2(Nc3ncc(C(=O)NNC(=O)C(F)F)cn3)CCC2)cc1. The Labute approximate surface area is 171 Å². The quantitative estimate of drug-likeness (QED) is 0.470. The van der Waals surface area contributed by atoms with Crippen molar-refractivity contribution in [1.29, 1.82) is 0 Å². The predicted octanol–water partition coefficient (Wildman–Crippen LogP) is 2.94. The fourth-order valence-corrected chi connectivity index (χ4v) is 3.89. The van der Waals surface area contributed by atoms with E-state index in [-0.39, 0.29) is 11.1 Å². The number of rotatable bonds is 7. The molecule has 1 fully saturated rings. The molecule has 1 saturated carbocycles. The number of amides is 2. The second kappa shape index (κ2) is 9.17. The summed E-state index contributed by atoms with van der Waals surface area (Å²) in [4.78, 5) is 32.1. The van der Waals surface area contributed by atoms with Gasteiger partial charge < -0.3 is 5.32 Å². The van der Waals surface area contributed by atoms with Crippen LogP contribution < -0.4 is 16.2 Å². The van der Waals surface area contributed by atoms with E-state index in [2.05, 4.69) is 46.5 Å². The van der Waals surface area contributed by atoms with Gasteiger partial charge in [-0.2, -0.15) is 8.78 Å². The van der Waals surface area contributed by atoms with Gasteiger partial charge in [0.2, 0.25) is 5.95 Å². The van der Waals surface area contributed by atoms with Crippen LogP contribution in [0.1, 0.15) is 35.2 Å². The lowest BCUT2D eigenvalue weighted by Gasteiger charge is -2.42. The van der Waals surface area contributed by atoms with Gasteiger partial charge in [-0.1, -0.05) is 17.7 Å². The second-order valence-electron chi connectivity index (χ2n) is 6.90. The Hall–Kier alpha value is -2.75. The maximum Gasteiger partial charge on any atom is 0.317 e. The van der Waals surface area contributed by atoms with Crippen LogP contribution in [0.25, 0.3) is 0 Å². The van der Waals surface area contributed by atoms with E-state index in [9.17, 15) is 18.4 Å². The summed E-state index contributed by atoms with van der Waals surface area (Å²) >= 11 is 1.77. The van der Waals surface area contributed by atoms with Gasteiger partial charge in [0.15, 0.2) is 0 Å². The Kier molecular flexibility index (Phi) is 6.63. The topological polar surface area (TPSA) is 96.0 Å². The van der Waals surface area contributed by atoms with E-state index in [1.165, 1.54) is 22.9 Å². The molecule has 1 heterocycles. The van der Waals surface area contributed by atoms with Crippen molar-refractivity contribution in [3.05, 3.63) is 47.8 Å². The van der Waals surface area contributed by atoms with Crippen LogP contribution in [0, 0.1) is 6.92 Å². The molecule has 154 valence electrons. The number of hydrazine groups is 1. The summed E-state index contributed by atoms with van der Waals surface area (Å²) in [5.74, 6) is -1.11. The first-order valence-electron chi connectivity index (χ1n) is 9.05. The number of carbonyl (C=O) groups is 2. The molecule has 10 heteroatoms. The van der Waals surface area contributed by atoms with Crippen LogP contribution in [-0.2, 0) is 4.79 Å². The molecule has 29 heavy (non-hydrogen) atoms. The third-order valence-corrected chi connectivity index (χ3v) is 5.94. The monoisotopic (exact) mass is 421 g/mol. The number of hydrogen-bond donors (Lipinski definition) is 3. The van der Waals surface area contributed by atoms with E-state index in [0.717, 1.165) is 25.0 Å². The summed E-state index contributed by atoms with van der Waals surface area (Å²) in [7, 11) is 0. The number of anilines is 1. The number of nitrogens with one attached hydrogen (secondary N) is 3. The molecule has 0 spiro atoms. The molecule has 2 aromatic rings. The third-order valence-electron chi connectivity index (χ3n) is 4.64. The zero-order valence-electron chi connectivity index (χ0n) is 15.7. The van der Waals surface area contributed by atoms with Gasteiger partial charge in [-0.25, -0.2) is 9.97 Å². The fraction of sp³-hybridized carbons (Fsp3) is 0.368. The molecular weight excluding hydrogens is 400 g/mol. The van der Waals surface area contributed by atoms with E-state index in [0.29, 0.717) is 5.95 Å². The Morgan fingerprint density at radius 2 is 1.79 bits per heavy atom. The van der Waals surface area contributed by atoms with Crippen LogP contribution in [0.15, 0.2) is 41.6 Å². The largest absolute Gasteiger partial charge is 0.348 e. The number of carbonyl (C=O) groups excluding carboxylic acids is 2. The molecule has 0 atom stereocenters. The minimum atomic E-state index is -3.21. The first-order valence-corrected chi connectivity index (χ1v) is 10.0. The Balaban J connectivity index is 1.55. The molecule has 3 rings (SSSR count). The minimum absolute atomic E-state index is 0.0433. The molecule has 3 N–H and O–H groups in total. The number of aromatic nitrogens is 2. The summed E-state index contributed by atoms with van der Waals surface area (Å²) in [5.41, 5.74) is 4.67. The maximum atomic E-state index is 12.1. The number of alkyl halides is 2. The number of hydrogen-bond acceptors (Lipinski definition) is 6. The zero-order chi connectivity index (χ0) is 20.9. The van der Waals surface area contributed by atoms with Gasteiger partial charge in [0.25, 0.3) is 5.91 Å². The lowest BCUT2D eigenvalue weighted by atomic mass is 9.78. The highest BCUT2D eigenvalue weighted by Gasteiger charge is 2.37. The van der Waals surface area contributed by atoms with Gasteiger partial charge in [-0.3, -0.25) is 20.4 Å². The van der Waals surface area contributed by atoms with Gasteiger partial charge in [-0.05, 0) is 38.3 Å². The van der Waals surface area contributed by atoms with Crippen molar-refractivity contribution in [2.45, 2.75) is 43.0 Å². The van der Waals surface area contributed by atoms with Gasteiger partial charge in [0, 0.05) is 28.6 Å². The molecule has 7 nitrogen and oxygen atoms in total. The first-order chi connectivity index (χ1) is 13.9. The van der Waals surface area contributed by atoms with E-state index in [1.807, 2.05) is 5.43 Å². The average molecular weight is 421 g/mol. The third kappa shape index (κ3) is 5.63. The molecule has 0 saturated heterocycles. The highest BCUT2D eigenvalue weighted by molar-refractivity contribution is 7.99. The smallest absolute Gasteiger partial charge is 0.317 e. The molecule has 1 aliphatic carbocycles. The molecule has 0 aliphatic heterocycles. The van der Waals surface area contributed by atoms with Crippen molar-refractivity contribution in [3.8, 4) is 0 Å². The fourth-order valence-electron chi connectivity index (χ4n) is 2.76. The van der Waals surface area contributed by atoms with Gasteiger partial charge >= 0.3 is 12.3 Å². The highest BCUT2D eigenvalue weighted by Crippen LogP contribution is 2.39. The summed E-state index contributed by atoms with van der Waals surface area (Å²) in [5, 5.41) is 3.36. The molecule has 0 radical (unpaired) electrons. The standard InChI is InChI=1S/C19H21F2N5O2S/c1-12-3-5-14(6-4-12)29-11-19(7-2-8-19)24-18-22-9-13(10-23-18)16(27)25-26-17(28)15(20)21/h3-6,9-10,15H,2,7-8,11H2,1H3,(H,25,27)(H,26,28)(H,22,23,24). The molecule has 2 amide bonds. The number of thioether (sulfide) groups is 1. The van der Waals surface area contributed by atoms with Crippen LogP contribution in [0.4, 0.5) is 14.7 Å².